The Labute approximate surface area is 112 Å². The van der Waals surface area contributed by atoms with Gasteiger partial charge in [0.15, 0.2) is 0 Å². The molecule has 1 amide bonds. The third kappa shape index (κ3) is 3.24. The van der Waals surface area contributed by atoms with E-state index in [0.717, 1.165) is 25.0 Å². The Balaban J connectivity index is 1.93. The molecule has 98 valence electrons. The minimum Gasteiger partial charge on any atom is -0.376 e. The molecule has 2 rings (SSSR count). The Morgan fingerprint density at radius 1 is 1.50 bits per heavy atom. The van der Waals surface area contributed by atoms with Crippen molar-refractivity contribution in [1.29, 1.82) is 0 Å². The highest BCUT2D eigenvalue weighted by Crippen LogP contribution is 2.16. The number of alkyl halides is 1. The van der Waals surface area contributed by atoms with Gasteiger partial charge in [0.25, 0.3) is 5.91 Å². The summed E-state index contributed by atoms with van der Waals surface area (Å²) in [5.41, 5.74) is 1.68. The highest BCUT2D eigenvalue weighted by Gasteiger charge is 2.23. The molecule has 0 spiro atoms. The number of ether oxygens (including phenoxy) is 1. The number of hydrogen-bond donors (Lipinski definition) is 1. The molecule has 1 aliphatic heterocycles. The van der Waals surface area contributed by atoms with Gasteiger partial charge in [-0.05, 0) is 37.5 Å². The van der Waals surface area contributed by atoms with Crippen LogP contribution < -0.4 is 5.32 Å². The van der Waals surface area contributed by atoms with Crippen LogP contribution in [0.1, 0.15) is 35.7 Å². The molecular formula is C14H18ClNO2. The van der Waals surface area contributed by atoms with Crippen molar-refractivity contribution in [1.82, 2.24) is 5.32 Å². The zero-order valence-corrected chi connectivity index (χ0v) is 11.2. The standard InChI is InChI=1S/C14H18ClNO2/c1-10(13-3-2-8-18-13)16-14(17)12-6-4-11(9-15)5-7-12/h4-7,10,13H,2-3,8-9H2,1H3,(H,16,17). The molecular weight excluding hydrogens is 250 g/mol. The van der Waals surface area contributed by atoms with Gasteiger partial charge in [0.1, 0.15) is 0 Å². The first-order valence-electron chi connectivity index (χ1n) is 6.28. The van der Waals surface area contributed by atoms with Crippen molar-refractivity contribution >= 4 is 17.5 Å². The summed E-state index contributed by atoms with van der Waals surface area (Å²) in [6, 6.07) is 7.40. The van der Waals surface area contributed by atoms with Crippen LogP contribution in [0.5, 0.6) is 0 Å². The predicted molar refractivity (Wildman–Crippen MR) is 71.9 cm³/mol. The molecule has 0 aliphatic carbocycles. The first kappa shape index (κ1) is 13.4. The van der Waals surface area contributed by atoms with Gasteiger partial charge in [-0.2, -0.15) is 0 Å². The lowest BCUT2D eigenvalue weighted by Crippen LogP contribution is -2.40. The summed E-state index contributed by atoms with van der Waals surface area (Å²) < 4.78 is 5.56. The zero-order chi connectivity index (χ0) is 13.0. The molecule has 1 aromatic carbocycles. The second kappa shape index (κ2) is 6.21. The third-order valence-electron chi connectivity index (χ3n) is 3.25. The second-order valence-corrected chi connectivity index (χ2v) is 4.91. The second-order valence-electron chi connectivity index (χ2n) is 4.64. The fraction of sp³-hybridized carbons (Fsp3) is 0.500. The SMILES string of the molecule is CC(NC(=O)c1ccc(CCl)cc1)C1CCCO1. The van der Waals surface area contributed by atoms with E-state index >= 15 is 0 Å². The lowest BCUT2D eigenvalue weighted by atomic mass is 10.1. The average molecular weight is 268 g/mol. The highest BCUT2D eigenvalue weighted by atomic mass is 35.5. The molecule has 2 unspecified atom stereocenters. The van der Waals surface area contributed by atoms with Crippen molar-refractivity contribution < 1.29 is 9.53 Å². The summed E-state index contributed by atoms with van der Waals surface area (Å²) in [5.74, 6) is 0.410. The molecule has 18 heavy (non-hydrogen) atoms. The maximum atomic E-state index is 12.0. The molecule has 4 heteroatoms. The van der Waals surface area contributed by atoms with Crippen LogP contribution in [-0.2, 0) is 10.6 Å². The summed E-state index contributed by atoms with van der Waals surface area (Å²) in [7, 11) is 0. The molecule has 1 N–H and O–H groups in total. The van der Waals surface area contributed by atoms with Crippen molar-refractivity contribution in [2.24, 2.45) is 0 Å². The Morgan fingerprint density at radius 2 is 2.22 bits per heavy atom. The van der Waals surface area contributed by atoms with E-state index in [-0.39, 0.29) is 18.1 Å². The monoisotopic (exact) mass is 267 g/mol. The number of benzene rings is 1. The van der Waals surface area contributed by atoms with Crippen molar-refractivity contribution in [3.8, 4) is 0 Å². The topological polar surface area (TPSA) is 38.3 Å². The normalized spacial score (nSPS) is 20.7. The maximum absolute atomic E-state index is 12.0. The van der Waals surface area contributed by atoms with Crippen LogP contribution in [0.4, 0.5) is 0 Å². The van der Waals surface area contributed by atoms with E-state index < -0.39 is 0 Å². The van der Waals surface area contributed by atoms with Gasteiger partial charge in [-0.25, -0.2) is 0 Å². The number of carbonyl (C=O) groups is 1. The van der Waals surface area contributed by atoms with Gasteiger partial charge >= 0.3 is 0 Å². The molecule has 0 bridgehead atoms. The molecule has 1 aliphatic rings. The van der Waals surface area contributed by atoms with E-state index in [4.69, 9.17) is 16.3 Å². The Morgan fingerprint density at radius 3 is 2.78 bits per heavy atom. The molecule has 1 fully saturated rings. The summed E-state index contributed by atoms with van der Waals surface area (Å²) in [4.78, 5) is 12.0. The smallest absolute Gasteiger partial charge is 0.251 e. The molecule has 1 saturated heterocycles. The molecule has 0 aromatic heterocycles. The van der Waals surface area contributed by atoms with E-state index in [0.29, 0.717) is 11.4 Å². The fourth-order valence-electron chi connectivity index (χ4n) is 2.13. The Kier molecular flexibility index (Phi) is 4.61. The predicted octanol–water partition coefficient (Wildman–Crippen LogP) is 2.72. The van der Waals surface area contributed by atoms with E-state index in [1.54, 1.807) is 12.1 Å². The Hall–Kier alpha value is -1.06. The maximum Gasteiger partial charge on any atom is 0.251 e. The minimum absolute atomic E-state index is 0.0488. The number of carbonyl (C=O) groups excluding carboxylic acids is 1. The van der Waals surface area contributed by atoms with Crippen LogP contribution >= 0.6 is 11.6 Å². The fourth-order valence-corrected chi connectivity index (χ4v) is 2.30. The molecule has 2 atom stereocenters. The van der Waals surface area contributed by atoms with E-state index in [1.165, 1.54) is 0 Å². The molecule has 0 radical (unpaired) electrons. The van der Waals surface area contributed by atoms with Crippen LogP contribution in [0.2, 0.25) is 0 Å². The first-order chi connectivity index (χ1) is 8.70. The number of nitrogens with one attached hydrogen (secondary N) is 1. The average Bonchev–Trinajstić information content (AvgIpc) is 2.92. The lowest BCUT2D eigenvalue weighted by molar-refractivity contribution is 0.0712. The zero-order valence-electron chi connectivity index (χ0n) is 10.5. The van der Waals surface area contributed by atoms with E-state index in [9.17, 15) is 4.79 Å². The summed E-state index contributed by atoms with van der Waals surface area (Å²) >= 11 is 5.71. The number of rotatable bonds is 4. The lowest BCUT2D eigenvalue weighted by Gasteiger charge is -2.20. The van der Waals surface area contributed by atoms with Crippen LogP contribution in [0.25, 0.3) is 0 Å². The van der Waals surface area contributed by atoms with Gasteiger partial charge in [0.05, 0.1) is 12.1 Å². The van der Waals surface area contributed by atoms with E-state index in [2.05, 4.69) is 5.32 Å². The summed E-state index contributed by atoms with van der Waals surface area (Å²) in [5, 5.41) is 2.98. The largest absolute Gasteiger partial charge is 0.376 e. The molecule has 1 heterocycles. The van der Waals surface area contributed by atoms with Crippen molar-refractivity contribution in [3.05, 3.63) is 35.4 Å². The van der Waals surface area contributed by atoms with Gasteiger partial charge in [-0.3, -0.25) is 4.79 Å². The summed E-state index contributed by atoms with van der Waals surface area (Å²) in [6.45, 7) is 2.79. The molecule has 0 saturated carbocycles. The quantitative estimate of drug-likeness (QED) is 0.852. The van der Waals surface area contributed by atoms with Gasteiger partial charge in [-0.15, -0.1) is 11.6 Å². The van der Waals surface area contributed by atoms with Gasteiger partial charge < -0.3 is 10.1 Å². The number of halogens is 1. The first-order valence-corrected chi connectivity index (χ1v) is 6.81. The van der Waals surface area contributed by atoms with Crippen LogP contribution in [-0.4, -0.2) is 24.7 Å². The van der Waals surface area contributed by atoms with Gasteiger partial charge in [0, 0.05) is 18.1 Å². The summed E-state index contributed by atoms with van der Waals surface area (Å²) in [6.07, 6.45) is 2.25. The van der Waals surface area contributed by atoms with Crippen molar-refractivity contribution in [3.63, 3.8) is 0 Å². The van der Waals surface area contributed by atoms with Gasteiger partial charge in [0.2, 0.25) is 0 Å². The van der Waals surface area contributed by atoms with Crippen LogP contribution in [0.3, 0.4) is 0 Å². The van der Waals surface area contributed by atoms with Crippen molar-refractivity contribution in [2.75, 3.05) is 6.61 Å². The van der Waals surface area contributed by atoms with Gasteiger partial charge in [-0.1, -0.05) is 12.1 Å². The highest BCUT2D eigenvalue weighted by molar-refractivity contribution is 6.17. The van der Waals surface area contributed by atoms with Crippen LogP contribution in [0.15, 0.2) is 24.3 Å². The third-order valence-corrected chi connectivity index (χ3v) is 3.56. The molecule has 1 aromatic rings. The molecule has 3 nitrogen and oxygen atoms in total. The number of amides is 1. The minimum atomic E-state index is -0.0564. The number of hydrogen-bond acceptors (Lipinski definition) is 2. The van der Waals surface area contributed by atoms with E-state index in [1.807, 2.05) is 19.1 Å². The van der Waals surface area contributed by atoms with Crippen LogP contribution in [0, 0.1) is 0 Å². The van der Waals surface area contributed by atoms with Crippen molar-refractivity contribution in [2.45, 2.75) is 37.8 Å². The Bertz CT molecular complexity index is 399.